The summed E-state index contributed by atoms with van der Waals surface area (Å²) in [4.78, 5) is 16.9. The maximum absolute atomic E-state index is 13.7. The first kappa shape index (κ1) is 18.7. The molecule has 1 saturated heterocycles. The molecule has 3 rings (SSSR count). The van der Waals surface area contributed by atoms with Crippen molar-refractivity contribution in [2.45, 2.75) is 6.42 Å². The number of benzene rings is 2. The Morgan fingerprint density at radius 3 is 2.46 bits per heavy atom. The van der Waals surface area contributed by atoms with E-state index in [0.29, 0.717) is 6.54 Å². The van der Waals surface area contributed by atoms with E-state index in [4.69, 9.17) is 11.6 Å². The van der Waals surface area contributed by atoms with Crippen LogP contribution in [0.2, 0.25) is 5.02 Å². The van der Waals surface area contributed by atoms with Gasteiger partial charge in [0.25, 0.3) is 5.91 Å². The second kappa shape index (κ2) is 9.01. The van der Waals surface area contributed by atoms with Gasteiger partial charge >= 0.3 is 0 Å². The van der Waals surface area contributed by atoms with Crippen molar-refractivity contribution in [3.63, 3.8) is 0 Å². The van der Waals surface area contributed by atoms with Gasteiger partial charge in [-0.2, -0.15) is 0 Å². The fourth-order valence-corrected chi connectivity index (χ4v) is 3.43. The van der Waals surface area contributed by atoms with Crippen LogP contribution in [0.1, 0.15) is 16.8 Å². The number of hydrogen-bond acceptors (Lipinski definition) is 3. The first-order valence-electron chi connectivity index (χ1n) is 8.90. The Labute approximate surface area is 158 Å². The second-order valence-electron chi connectivity index (χ2n) is 6.37. The topological polar surface area (TPSA) is 35.6 Å². The number of carbonyl (C=O) groups is 1. The molecule has 0 radical (unpaired) electrons. The molecule has 0 atom stereocenters. The highest BCUT2D eigenvalue weighted by molar-refractivity contribution is 6.33. The summed E-state index contributed by atoms with van der Waals surface area (Å²) in [7, 11) is 0. The highest BCUT2D eigenvalue weighted by atomic mass is 35.5. The molecule has 0 bridgehead atoms. The number of rotatable bonds is 6. The van der Waals surface area contributed by atoms with Crippen LogP contribution in [-0.4, -0.2) is 50.1 Å². The van der Waals surface area contributed by atoms with E-state index in [1.54, 1.807) is 0 Å². The molecule has 2 aromatic rings. The van der Waals surface area contributed by atoms with Crippen LogP contribution in [-0.2, 0) is 0 Å². The maximum atomic E-state index is 13.7. The number of piperazine rings is 1. The average Bonchev–Trinajstić information content (AvgIpc) is 2.66. The molecule has 1 aliphatic rings. The fraction of sp³-hybridized carbons (Fsp3) is 0.350. The molecule has 2 aromatic carbocycles. The van der Waals surface area contributed by atoms with Crippen LogP contribution < -0.4 is 10.2 Å². The number of halogens is 2. The van der Waals surface area contributed by atoms with Gasteiger partial charge in [0.15, 0.2) is 0 Å². The van der Waals surface area contributed by atoms with Crippen molar-refractivity contribution >= 4 is 23.2 Å². The zero-order valence-corrected chi connectivity index (χ0v) is 15.4. The predicted molar refractivity (Wildman–Crippen MR) is 103 cm³/mol. The lowest BCUT2D eigenvalue weighted by Crippen LogP contribution is -2.47. The number of nitrogens with zero attached hydrogens (tertiary/aromatic N) is 2. The molecule has 1 aliphatic heterocycles. The lowest BCUT2D eigenvalue weighted by molar-refractivity contribution is 0.0947. The average molecular weight is 376 g/mol. The Morgan fingerprint density at radius 1 is 1.04 bits per heavy atom. The van der Waals surface area contributed by atoms with Gasteiger partial charge in [-0.25, -0.2) is 4.39 Å². The molecule has 1 fully saturated rings. The molecule has 0 saturated carbocycles. The van der Waals surface area contributed by atoms with Crippen LogP contribution in [0.15, 0.2) is 48.5 Å². The minimum atomic E-state index is -0.591. The maximum Gasteiger partial charge on any atom is 0.255 e. The van der Waals surface area contributed by atoms with E-state index in [1.165, 1.54) is 23.9 Å². The first-order chi connectivity index (χ1) is 12.6. The molecule has 138 valence electrons. The van der Waals surface area contributed by atoms with Crippen molar-refractivity contribution in [2.75, 3.05) is 44.2 Å². The van der Waals surface area contributed by atoms with E-state index >= 15 is 0 Å². The zero-order valence-electron chi connectivity index (χ0n) is 14.6. The molecular formula is C20H23ClFN3O. The Morgan fingerprint density at radius 2 is 1.77 bits per heavy atom. The largest absolute Gasteiger partial charge is 0.369 e. The first-order valence-corrected chi connectivity index (χ1v) is 9.27. The molecular weight excluding hydrogens is 353 g/mol. The highest BCUT2D eigenvalue weighted by Crippen LogP contribution is 2.18. The molecule has 26 heavy (non-hydrogen) atoms. The number of anilines is 1. The van der Waals surface area contributed by atoms with Crippen molar-refractivity contribution in [3.8, 4) is 0 Å². The van der Waals surface area contributed by atoms with Gasteiger partial charge in [-0.05, 0) is 37.2 Å². The lowest BCUT2D eigenvalue weighted by Gasteiger charge is -2.36. The second-order valence-corrected chi connectivity index (χ2v) is 6.78. The minimum absolute atomic E-state index is 0.0781. The van der Waals surface area contributed by atoms with Crippen LogP contribution in [0, 0.1) is 5.82 Å². The van der Waals surface area contributed by atoms with E-state index in [-0.39, 0.29) is 10.6 Å². The standard InChI is InChI=1S/C20H23ClFN3O/c21-17-8-4-9-18(22)19(17)20(26)23-10-5-11-24-12-14-25(15-13-24)16-6-2-1-3-7-16/h1-4,6-9H,5,10-15H2,(H,23,26). The Kier molecular flexibility index (Phi) is 6.47. The molecule has 4 nitrogen and oxygen atoms in total. The molecule has 1 amide bonds. The van der Waals surface area contributed by atoms with Crippen LogP contribution in [0.5, 0.6) is 0 Å². The number of carbonyl (C=O) groups excluding carboxylic acids is 1. The third kappa shape index (κ3) is 4.74. The van der Waals surface area contributed by atoms with Crippen molar-refractivity contribution in [1.29, 1.82) is 0 Å². The quantitative estimate of drug-likeness (QED) is 0.786. The summed E-state index contributed by atoms with van der Waals surface area (Å²) in [6.45, 7) is 5.42. The highest BCUT2D eigenvalue weighted by Gasteiger charge is 2.17. The van der Waals surface area contributed by atoms with Crippen molar-refractivity contribution in [3.05, 3.63) is 64.9 Å². The lowest BCUT2D eigenvalue weighted by atomic mass is 10.2. The predicted octanol–water partition coefficient (Wildman–Crippen LogP) is 3.42. The van der Waals surface area contributed by atoms with Crippen LogP contribution in [0.4, 0.5) is 10.1 Å². The molecule has 6 heteroatoms. The van der Waals surface area contributed by atoms with Gasteiger partial charge in [0.2, 0.25) is 0 Å². The number of amides is 1. The molecule has 0 aromatic heterocycles. The minimum Gasteiger partial charge on any atom is -0.369 e. The molecule has 0 unspecified atom stereocenters. The summed E-state index contributed by atoms with van der Waals surface area (Å²) < 4.78 is 13.7. The van der Waals surface area contributed by atoms with Crippen molar-refractivity contribution in [2.24, 2.45) is 0 Å². The van der Waals surface area contributed by atoms with Gasteiger partial charge < -0.3 is 10.2 Å². The van der Waals surface area contributed by atoms with E-state index in [2.05, 4.69) is 39.4 Å². The molecule has 1 N–H and O–H groups in total. The summed E-state index contributed by atoms with van der Waals surface area (Å²) in [6.07, 6.45) is 0.823. The van der Waals surface area contributed by atoms with Gasteiger partial charge in [0.1, 0.15) is 5.82 Å². The van der Waals surface area contributed by atoms with Gasteiger partial charge in [-0.1, -0.05) is 35.9 Å². The van der Waals surface area contributed by atoms with Gasteiger partial charge in [0, 0.05) is 38.4 Å². The fourth-order valence-electron chi connectivity index (χ4n) is 3.18. The third-order valence-electron chi connectivity index (χ3n) is 4.62. The van der Waals surface area contributed by atoms with E-state index < -0.39 is 11.7 Å². The van der Waals surface area contributed by atoms with E-state index in [1.807, 2.05) is 6.07 Å². The number of para-hydroxylation sites is 1. The summed E-state index contributed by atoms with van der Waals surface area (Å²) in [5.74, 6) is -1.05. The SMILES string of the molecule is O=C(NCCCN1CCN(c2ccccc2)CC1)c1c(F)cccc1Cl. The van der Waals surface area contributed by atoms with Crippen LogP contribution >= 0.6 is 11.6 Å². The zero-order chi connectivity index (χ0) is 18.4. The van der Waals surface area contributed by atoms with Crippen LogP contribution in [0.25, 0.3) is 0 Å². The van der Waals surface area contributed by atoms with Crippen molar-refractivity contribution in [1.82, 2.24) is 10.2 Å². The Balaban J connectivity index is 1.38. The number of nitrogens with one attached hydrogen (secondary N) is 1. The molecule has 1 heterocycles. The summed E-state index contributed by atoms with van der Waals surface area (Å²) >= 11 is 5.91. The molecule has 0 spiro atoms. The summed E-state index contributed by atoms with van der Waals surface area (Å²) in [5.41, 5.74) is 1.19. The summed E-state index contributed by atoms with van der Waals surface area (Å²) in [5, 5.41) is 2.89. The van der Waals surface area contributed by atoms with E-state index in [9.17, 15) is 9.18 Å². The van der Waals surface area contributed by atoms with Crippen LogP contribution in [0.3, 0.4) is 0 Å². The smallest absolute Gasteiger partial charge is 0.255 e. The summed E-state index contributed by atoms with van der Waals surface area (Å²) in [6, 6.07) is 14.7. The number of hydrogen-bond donors (Lipinski definition) is 1. The Bertz CT molecular complexity index is 713. The van der Waals surface area contributed by atoms with E-state index in [0.717, 1.165) is 39.1 Å². The Hall–Kier alpha value is -2.11. The van der Waals surface area contributed by atoms with Gasteiger partial charge in [-0.3, -0.25) is 9.69 Å². The van der Waals surface area contributed by atoms with Gasteiger partial charge in [0.05, 0.1) is 10.6 Å². The van der Waals surface area contributed by atoms with Crippen molar-refractivity contribution < 1.29 is 9.18 Å². The normalized spacial score (nSPS) is 15.1. The third-order valence-corrected chi connectivity index (χ3v) is 4.94. The molecule has 0 aliphatic carbocycles. The van der Waals surface area contributed by atoms with Gasteiger partial charge in [-0.15, -0.1) is 0 Å². The monoisotopic (exact) mass is 375 g/mol.